The zero-order valence-corrected chi connectivity index (χ0v) is 9.17. The highest BCUT2D eigenvalue weighted by atomic mass is 19.4. The van der Waals surface area contributed by atoms with E-state index in [1.165, 1.54) is 6.92 Å². The average molecular weight is 249 g/mol. The van der Waals surface area contributed by atoms with Crippen molar-refractivity contribution in [1.82, 2.24) is 0 Å². The Hall–Kier alpha value is -1.79. The molecule has 0 N–H and O–H groups in total. The molecule has 0 aliphatic rings. The van der Waals surface area contributed by atoms with Crippen LogP contribution in [0.1, 0.15) is 18.1 Å². The van der Waals surface area contributed by atoms with Gasteiger partial charge in [-0.3, -0.25) is 10.1 Å². The highest BCUT2D eigenvalue weighted by molar-refractivity contribution is 5.50. The molecule has 0 bridgehead atoms. The molecular weight excluding hydrogens is 239 g/mol. The topological polar surface area (TPSA) is 52.4 Å². The summed E-state index contributed by atoms with van der Waals surface area (Å²) in [6, 6.07) is 1.54. The van der Waals surface area contributed by atoms with Gasteiger partial charge in [0, 0.05) is 12.1 Å². The number of nitro benzene ring substituents is 1. The lowest BCUT2D eigenvalue weighted by molar-refractivity contribution is -0.385. The minimum atomic E-state index is -4.68. The Labute approximate surface area is 95.2 Å². The third-order valence-electron chi connectivity index (χ3n) is 2.06. The van der Waals surface area contributed by atoms with E-state index in [4.69, 9.17) is 4.74 Å². The first-order valence-corrected chi connectivity index (χ1v) is 4.76. The Balaban J connectivity index is 3.45. The fourth-order valence-electron chi connectivity index (χ4n) is 1.41. The molecule has 0 saturated carbocycles. The van der Waals surface area contributed by atoms with E-state index in [1.54, 1.807) is 6.92 Å². The molecule has 1 aromatic rings. The highest BCUT2D eigenvalue weighted by Gasteiger charge is 2.37. The number of halogens is 3. The Kier molecular flexibility index (Phi) is 3.59. The summed E-state index contributed by atoms with van der Waals surface area (Å²) in [7, 11) is 0. The lowest BCUT2D eigenvalue weighted by Gasteiger charge is -2.15. The number of hydrogen-bond acceptors (Lipinski definition) is 3. The van der Waals surface area contributed by atoms with Crippen molar-refractivity contribution in [1.29, 1.82) is 0 Å². The smallest absolute Gasteiger partial charge is 0.420 e. The van der Waals surface area contributed by atoms with E-state index < -0.39 is 22.4 Å². The summed E-state index contributed by atoms with van der Waals surface area (Å²) in [6.45, 7) is 2.94. The van der Waals surface area contributed by atoms with Gasteiger partial charge in [-0.25, -0.2) is 0 Å². The minimum Gasteiger partial charge on any atom is -0.493 e. The molecule has 7 heteroatoms. The van der Waals surface area contributed by atoms with Crippen molar-refractivity contribution in [3.05, 3.63) is 33.4 Å². The molecule has 0 amide bonds. The monoisotopic (exact) mass is 249 g/mol. The van der Waals surface area contributed by atoms with Crippen molar-refractivity contribution in [3.8, 4) is 5.75 Å². The molecule has 0 atom stereocenters. The van der Waals surface area contributed by atoms with Crippen molar-refractivity contribution in [2.24, 2.45) is 0 Å². The van der Waals surface area contributed by atoms with Gasteiger partial charge in [-0.1, -0.05) is 0 Å². The fourth-order valence-corrected chi connectivity index (χ4v) is 1.41. The van der Waals surface area contributed by atoms with Crippen molar-refractivity contribution >= 4 is 5.69 Å². The van der Waals surface area contributed by atoms with E-state index in [2.05, 4.69) is 0 Å². The predicted molar refractivity (Wildman–Crippen MR) is 54.0 cm³/mol. The number of aryl methyl sites for hydroxylation is 1. The molecule has 0 fully saturated rings. The molecule has 1 aromatic carbocycles. The van der Waals surface area contributed by atoms with Gasteiger partial charge in [0.2, 0.25) is 0 Å². The molecule has 1 rings (SSSR count). The number of benzene rings is 1. The third kappa shape index (κ3) is 2.86. The van der Waals surface area contributed by atoms with E-state index >= 15 is 0 Å². The van der Waals surface area contributed by atoms with Gasteiger partial charge in [-0.15, -0.1) is 0 Å². The molecule has 0 aliphatic heterocycles. The molecule has 0 unspecified atom stereocenters. The second kappa shape index (κ2) is 4.60. The average Bonchev–Trinajstić information content (AvgIpc) is 2.18. The SMILES string of the molecule is CCOc1c(C)cc([N+](=O)[O-])cc1C(F)(F)F. The number of ether oxygens (including phenoxy) is 1. The molecule has 0 radical (unpaired) electrons. The first-order chi connectivity index (χ1) is 7.77. The van der Waals surface area contributed by atoms with Crippen LogP contribution in [0.15, 0.2) is 12.1 Å². The van der Waals surface area contributed by atoms with Crippen molar-refractivity contribution in [3.63, 3.8) is 0 Å². The molecule has 4 nitrogen and oxygen atoms in total. The van der Waals surface area contributed by atoms with Gasteiger partial charge >= 0.3 is 6.18 Å². The van der Waals surface area contributed by atoms with Crippen LogP contribution in [-0.4, -0.2) is 11.5 Å². The largest absolute Gasteiger partial charge is 0.493 e. The molecule has 0 heterocycles. The van der Waals surface area contributed by atoms with E-state index in [9.17, 15) is 23.3 Å². The van der Waals surface area contributed by atoms with Gasteiger partial charge in [-0.2, -0.15) is 13.2 Å². The summed E-state index contributed by atoms with van der Waals surface area (Å²) in [4.78, 5) is 9.64. The second-order valence-electron chi connectivity index (χ2n) is 3.33. The Morgan fingerprint density at radius 1 is 1.41 bits per heavy atom. The maximum atomic E-state index is 12.7. The van der Waals surface area contributed by atoms with Crippen LogP contribution >= 0.6 is 0 Å². The molecule has 94 valence electrons. The first-order valence-electron chi connectivity index (χ1n) is 4.76. The maximum absolute atomic E-state index is 12.7. The van der Waals surface area contributed by atoms with Crippen molar-refractivity contribution in [2.75, 3.05) is 6.61 Å². The van der Waals surface area contributed by atoms with Gasteiger partial charge < -0.3 is 4.74 Å². The van der Waals surface area contributed by atoms with Gasteiger partial charge in [0.05, 0.1) is 11.5 Å². The molecule has 17 heavy (non-hydrogen) atoms. The quantitative estimate of drug-likeness (QED) is 0.609. The predicted octanol–water partition coefficient (Wildman–Crippen LogP) is 3.32. The lowest BCUT2D eigenvalue weighted by Crippen LogP contribution is -2.10. The van der Waals surface area contributed by atoms with Crippen molar-refractivity contribution in [2.45, 2.75) is 20.0 Å². The van der Waals surface area contributed by atoms with Gasteiger partial charge in [0.1, 0.15) is 11.3 Å². The van der Waals surface area contributed by atoms with Crippen LogP contribution in [0.4, 0.5) is 18.9 Å². The number of nitrogens with zero attached hydrogens (tertiary/aromatic N) is 1. The Morgan fingerprint density at radius 2 is 2.00 bits per heavy atom. The normalized spacial score (nSPS) is 11.4. The summed E-state index contributed by atoms with van der Waals surface area (Å²) >= 11 is 0. The summed E-state index contributed by atoms with van der Waals surface area (Å²) < 4.78 is 43.0. The molecule has 0 saturated heterocycles. The zero-order chi connectivity index (χ0) is 13.2. The van der Waals surface area contributed by atoms with Gasteiger partial charge in [0.15, 0.2) is 0 Å². The minimum absolute atomic E-state index is 0.0573. The summed E-state index contributed by atoms with van der Waals surface area (Å²) in [5.74, 6) is -0.356. The van der Waals surface area contributed by atoms with E-state index in [0.717, 1.165) is 6.07 Å². The van der Waals surface area contributed by atoms with Gasteiger partial charge in [-0.05, 0) is 19.4 Å². The van der Waals surface area contributed by atoms with Crippen LogP contribution in [0.5, 0.6) is 5.75 Å². The van der Waals surface area contributed by atoms with Crippen LogP contribution in [0.2, 0.25) is 0 Å². The molecule has 0 spiro atoms. The third-order valence-corrected chi connectivity index (χ3v) is 2.06. The molecule has 0 aliphatic carbocycles. The van der Waals surface area contributed by atoms with Gasteiger partial charge in [0.25, 0.3) is 5.69 Å². The maximum Gasteiger partial charge on any atom is 0.420 e. The molecular formula is C10H10F3NO3. The summed E-state index contributed by atoms with van der Waals surface area (Å²) in [5.41, 5.74) is -1.63. The second-order valence-corrected chi connectivity index (χ2v) is 3.33. The Morgan fingerprint density at radius 3 is 2.41 bits per heavy atom. The van der Waals surface area contributed by atoms with Crippen molar-refractivity contribution < 1.29 is 22.8 Å². The first kappa shape index (κ1) is 13.3. The van der Waals surface area contributed by atoms with Crippen LogP contribution in [0.3, 0.4) is 0 Å². The van der Waals surface area contributed by atoms with Crippen LogP contribution in [-0.2, 0) is 6.18 Å². The number of nitro groups is 1. The number of hydrogen-bond donors (Lipinski definition) is 0. The zero-order valence-electron chi connectivity index (χ0n) is 9.17. The number of alkyl halides is 3. The van der Waals surface area contributed by atoms with Crippen LogP contribution < -0.4 is 4.74 Å². The van der Waals surface area contributed by atoms with E-state index in [1.807, 2.05) is 0 Å². The highest BCUT2D eigenvalue weighted by Crippen LogP contribution is 2.40. The summed E-state index contributed by atoms with van der Waals surface area (Å²) in [6.07, 6.45) is -4.68. The standard InChI is InChI=1S/C10H10F3NO3/c1-3-17-9-6(2)4-7(14(15)16)5-8(9)10(11,12)13/h4-5H,3H2,1-2H3. The van der Waals surface area contributed by atoms with Crippen LogP contribution in [0, 0.1) is 17.0 Å². The fraction of sp³-hybridized carbons (Fsp3) is 0.400. The summed E-state index contributed by atoms with van der Waals surface area (Å²) in [5, 5.41) is 10.5. The lowest BCUT2D eigenvalue weighted by atomic mass is 10.1. The van der Waals surface area contributed by atoms with E-state index in [0.29, 0.717) is 6.07 Å². The van der Waals surface area contributed by atoms with E-state index in [-0.39, 0.29) is 17.9 Å². The Bertz CT molecular complexity index is 443. The van der Waals surface area contributed by atoms with Crippen LogP contribution in [0.25, 0.3) is 0 Å². The number of rotatable bonds is 3. The number of non-ortho nitro benzene ring substituents is 1. The molecule has 0 aromatic heterocycles.